The molecule has 0 saturated carbocycles. The molecule has 398 valence electrons. The SMILES string of the molecule is CC(C)(C)OC(=O)Nc1nc(/C(=N/OC(C)(C)C(=O)OC(C)(C)C)C(=O)NC2C(=O)NC2CNC(=O)c2cc(C3CCN(CCNC(=O)c4cc(OCc5ccccc5)c(OCc5ccccc5)cn4)C3)no2)cs1. The predicted octanol–water partition coefficient (Wildman–Crippen LogP) is 5.50. The first kappa shape index (κ1) is 54.8. The summed E-state index contributed by atoms with van der Waals surface area (Å²) in [5, 5.41) is 23.1. The molecule has 3 unspecified atom stereocenters. The Labute approximate surface area is 437 Å². The second-order valence-corrected chi connectivity index (χ2v) is 21.1. The molecule has 0 bridgehead atoms. The Bertz CT molecular complexity index is 2860. The summed E-state index contributed by atoms with van der Waals surface area (Å²) in [6.07, 6.45) is 1.45. The topological polar surface area (TPSA) is 276 Å². The van der Waals surface area contributed by atoms with Crippen LogP contribution in [0.5, 0.6) is 11.5 Å². The van der Waals surface area contributed by atoms with Crippen molar-refractivity contribution in [2.45, 2.75) is 110 Å². The lowest BCUT2D eigenvalue weighted by atomic mass is 9.98. The van der Waals surface area contributed by atoms with E-state index < -0.39 is 64.4 Å². The molecule has 75 heavy (non-hydrogen) atoms. The second-order valence-electron chi connectivity index (χ2n) is 20.2. The number of thiazole rings is 1. The number of hydrogen-bond donors (Lipinski definition) is 5. The molecule has 5 N–H and O–H groups in total. The number of hydrogen-bond acceptors (Lipinski definition) is 18. The molecule has 0 spiro atoms. The van der Waals surface area contributed by atoms with Crippen molar-refractivity contribution in [3.63, 3.8) is 0 Å². The van der Waals surface area contributed by atoms with Crippen LogP contribution in [0.4, 0.5) is 9.93 Å². The van der Waals surface area contributed by atoms with E-state index in [2.05, 4.69) is 51.8 Å². The van der Waals surface area contributed by atoms with Crippen LogP contribution in [0.15, 0.2) is 94.1 Å². The molecule has 7 rings (SSSR count). The van der Waals surface area contributed by atoms with Gasteiger partial charge in [-0.25, -0.2) is 19.6 Å². The van der Waals surface area contributed by atoms with Crippen molar-refractivity contribution in [2.24, 2.45) is 5.16 Å². The van der Waals surface area contributed by atoms with E-state index in [1.54, 1.807) is 53.7 Å². The molecule has 23 heteroatoms. The highest BCUT2D eigenvalue weighted by Gasteiger charge is 2.42. The summed E-state index contributed by atoms with van der Waals surface area (Å²) in [7, 11) is 0. The van der Waals surface area contributed by atoms with Crippen molar-refractivity contribution < 1.29 is 57.1 Å². The van der Waals surface area contributed by atoms with Gasteiger partial charge in [0.25, 0.3) is 17.7 Å². The van der Waals surface area contributed by atoms with Gasteiger partial charge in [-0.3, -0.25) is 24.5 Å². The van der Waals surface area contributed by atoms with Crippen LogP contribution < -0.4 is 36.1 Å². The van der Waals surface area contributed by atoms with Crippen molar-refractivity contribution in [3.05, 3.63) is 118 Å². The van der Waals surface area contributed by atoms with Crippen LogP contribution in [-0.2, 0) is 41.9 Å². The monoisotopic (exact) mass is 1050 g/mol. The lowest BCUT2D eigenvalue weighted by Gasteiger charge is -2.37. The second kappa shape index (κ2) is 24.0. The lowest BCUT2D eigenvalue weighted by Crippen LogP contribution is -2.72. The fourth-order valence-corrected chi connectivity index (χ4v) is 8.11. The van der Waals surface area contributed by atoms with Crippen molar-refractivity contribution >= 4 is 57.9 Å². The van der Waals surface area contributed by atoms with Crippen LogP contribution in [0.1, 0.15) is 111 Å². The number of anilines is 1. The Hall–Kier alpha value is -7.92. The number of pyridine rings is 1. The summed E-state index contributed by atoms with van der Waals surface area (Å²) in [5.41, 5.74) is -1.07. The Morgan fingerprint density at radius 2 is 1.51 bits per heavy atom. The van der Waals surface area contributed by atoms with Gasteiger partial charge in [-0.05, 0) is 79.5 Å². The number of ether oxygens (including phenoxy) is 4. The highest BCUT2D eigenvalue weighted by atomic mass is 32.1. The number of β-lactam (4-membered cyclic amide) rings is 1. The van der Waals surface area contributed by atoms with Crippen LogP contribution in [0.3, 0.4) is 0 Å². The summed E-state index contributed by atoms with van der Waals surface area (Å²) in [5.74, 6) is -2.43. The van der Waals surface area contributed by atoms with Gasteiger partial charge in [-0.1, -0.05) is 71.0 Å². The number of amides is 5. The molecule has 2 saturated heterocycles. The number of carbonyl (C=O) groups is 6. The average molecular weight is 1050 g/mol. The minimum Gasteiger partial charge on any atom is -0.485 e. The van der Waals surface area contributed by atoms with Gasteiger partial charge in [0, 0.05) is 49.6 Å². The Balaban J connectivity index is 0.898. The van der Waals surface area contributed by atoms with E-state index >= 15 is 0 Å². The maximum absolute atomic E-state index is 13.9. The third-order valence-corrected chi connectivity index (χ3v) is 12.1. The van der Waals surface area contributed by atoms with Gasteiger partial charge >= 0.3 is 12.1 Å². The van der Waals surface area contributed by atoms with Gasteiger partial charge < -0.3 is 54.5 Å². The molecule has 5 amide bonds. The molecule has 22 nitrogen and oxygen atoms in total. The number of likely N-dealkylation sites (tertiary alicyclic amines) is 1. The summed E-state index contributed by atoms with van der Waals surface area (Å²) in [6, 6.07) is 20.7. The smallest absolute Gasteiger partial charge is 0.413 e. The number of rotatable bonds is 21. The zero-order chi connectivity index (χ0) is 53.9. The molecule has 2 fully saturated rings. The fourth-order valence-electron chi connectivity index (χ4n) is 7.43. The predicted molar refractivity (Wildman–Crippen MR) is 274 cm³/mol. The molecule has 3 aromatic heterocycles. The number of carbonyl (C=O) groups excluding carboxylic acids is 6. The summed E-state index contributed by atoms with van der Waals surface area (Å²) in [6.45, 7) is 15.7. The highest BCUT2D eigenvalue weighted by molar-refractivity contribution is 7.14. The first-order chi connectivity index (χ1) is 35.6. The molecule has 5 aromatic rings. The number of nitrogens with one attached hydrogen (secondary N) is 5. The Morgan fingerprint density at radius 3 is 2.16 bits per heavy atom. The van der Waals surface area contributed by atoms with Crippen molar-refractivity contribution in [1.82, 2.24) is 41.3 Å². The average Bonchev–Trinajstić information content (AvgIpc) is 4.15. The fraction of sp³-hybridized carbons (Fsp3) is 0.423. The highest BCUT2D eigenvalue weighted by Crippen LogP contribution is 2.30. The zero-order valence-corrected chi connectivity index (χ0v) is 43.8. The quantitative estimate of drug-likeness (QED) is 0.0262. The van der Waals surface area contributed by atoms with Gasteiger partial charge in [0.1, 0.15) is 41.8 Å². The largest absolute Gasteiger partial charge is 0.485 e. The Morgan fingerprint density at radius 1 is 0.840 bits per heavy atom. The standard InChI is InChI=1S/C52H62N10O12S/c1-50(2,3)71-47(67)52(7,8)74-61-42(37-30-75-48(57-37)59-49(68)72-51(4,5)6)46(66)58-41-36(56-45(41)65)25-55-44(64)39-23-34(60-73-39)33-19-21-62(27-33)22-20-53-43(63)35-24-38(69-28-31-15-11-9-12-16-31)40(26-54-35)70-29-32-17-13-10-14-18-32/h9-18,23-24,26,30,33,36,41H,19-22,25,27-29H2,1-8H3,(H,53,63)(H,55,64)(H,56,65)(H,58,66)(H,57,59,68)/b61-42-. The van der Waals surface area contributed by atoms with Gasteiger partial charge in [0.2, 0.25) is 17.3 Å². The van der Waals surface area contributed by atoms with E-state index in [4.69, 9.17) is 28.3 Å². The zero-order valence-electron chi connectivity index (χ0n) is 43.0. The maximum atomic E-state index is 13.9. The number of benzene rings is 2. The lowest BCUT2D eigenvalue weighted by molar-refractivity contribution is -0.179. The van der Waals surface area contributed by atoms with Crippen LogP contribution in [-0.4, -0.2) is 123 Å². The molecule has 2 aliphatic heterocycles. The van der Waals surface area contributed by atoms with E-state index in [-0.39, 0.29) is 47.3 Å². The van der Waals surface area contributed by atoms with Gasteiger partial charge in [0.15, 0.2) is 22.3 Å². The molecule has 2 aromatic carbocycles. The third-order valence-electron chi connectivity index (χ3n) is 11.3. The van der Waals surface area contributed by atoms with Crippen molar-refractivity contribution in [3.8, 4) is 11.5 Å². The minimum absolute atomic E-state index is 0.0395. The van der Waals surface area contributed by atoms with Crippen molar-refractivity contribution in [1.29, 1.82) is 0 Å². The molecular weight excluding hydrogens is 989 g/mol. The van der Waals surface area contributed by atoms with Gasteiger partial charge in [-0.2, -0.15) is 0 Å². The number of esters is 1. The molecule has 5 heterocycles. The van der Waals surface area contributed by atoms with E-state index in [1.807, 2.05) is 60.7 Å². The Kier molecular flexibility index (Phi) is 17.5. The van der Waals surface area contributed by atoms with Crippen LogP contribution >= 0.6 is 11.3 Å². The van der Waals surface area contributed by atoms with E-state index in [0.29, 0.717) is 43.4 Å². The van der Waals surface area contributed by atoms with Gasteiger partial charge in [-0.15, -0.1) is 11.3 Å². The first-order valence-corrected chi connectivity index (χ1v) is 25.1. The number of oxime groups is 1. The third kappa shape index (κ3) is 15.8. The number of nitrogens with zero attached hydrogens (tertiary/aromatic N) is 5. The van der Waals surface area contributed by atoms with E-state index in [0.717, 1.165) is 35.4 Å². The first-order valence-electron chi connectivity index (χ1n) is 24.2. The van der Waals surface area contributed by atoms with Crippen LogP contribution in [0.25, 0.3) is 0 Å². The maximum Gasteiger partial charge on any atom is 0.413 e. The van der Waals surface area contributed by atoms with Crippen LogP contribution in [0.2, 0.25) is 0 Å². The number of aromatic nitrogens is 3. The van der Waals surface area contributed by atoms with E-state index in [9.17, 15) is 28.8 Å². The van der Waals surface area contributed by atoms with E-state index in [1.165, 1.54) is 25.4 Å². The molecule has 3 atom stereocenters. The van der Waals surface area contributed by atoms with Crippen molar-refractivity contribution in [2.75, 3.05) is 38.0 Å². The van der Waals surface area contributed by atoms with Gasteiger partial charge in [0.05, 0.1) is 17.9 Å². The summed E-state index contributed by atoms with van der Waals surface area (Å²) in [4.78, 5) is 95.1. The molecule has 2 aliphatic rings. The molecule has 0 radical (unpaired) electrons. The molecular formula is C52H62N10O12S. The van der Waals surface area contributed by atoms with Crippen LogP contribution in [0, 0.1) is 0 Å². The normalized spacial score (nSPS) is 16.9. The summed E-state index contributed by atoms with van der Waals surface area (Å²) >= 11 is 0.965. The summed E-state index contributed by atoms with van der Waals surface area (Å²) < 4.78 is 28.4. The molecule has 0 aliphatic carbocycles. The minimum atomic E-state index is -1.66.